The van der Waals surface area contributed by atoms with Gasteiger partial charge in [0, 0.05) is 11.4 Å². The zero-order valence-corrected chi connectivity index (χ0v) is 18.3. The highest BCUT2D eigenvalue weighted by Gasteiger charge is 2.62. The summed E-state index contributed by atoms with van der Waals surface area (Å²) in [5.74, 6) is -1.03. The first kappa shape index (κ1) is 21.4. The zero-order chi connectivity index (χ0) is 21.5. The van der Waals surface area contributed by atoms with Crippen molar-refractivity contribution in [3.63, 3.8) is 0 Å². The van der Waals surface area contributed by atoms with Crippen molar-refractivity contribution < 1.29 is 19.7 Å². The fourth-order valence-corrected chi connectivity index (χ4v) is 5.32. The van der Waals surface area contributed by atoms with Gasteiger partial charge in [-0.15, -0.1) is 0 Å². The Hall–Kier alpha value is -1.88. The quantitative estimate of drug-likeness (QED) is 0.615. The van der Waals surface area contributed by atoms with Gasteiger partial charge in [-0.2, -0.15) is 0 Å². The van der Waals surface area contributed by atoms with E-state index >= 15 is 0 Å². The van der Waals surface area contributed by atoms with Crippen LogP contribution in [0.15, 0.2) is 42.5 Å². The van der Waals surface area contributed by atoms with Gasteiger partial charge in [-0.05, 0) is 46.7 Å². The van der Waals surface area contributed by atoms with E-state index in [1.807, 2.05) is 18.2 Å². The number of rotatable bonds is 7. The molecule has 3 aliphatic carbocycles. The SMILES string of the molecule is CCCCC(CC)COC(=O)C1CC2(O)c3ccccc3C1(O)c1ccc(Cl)cc12. The molecule has 0 amide bonds. The first-order valence-corrected chi connectivity index (χ1v) is 11.3. The number of carbonyl (C=O) groups excluding carboxylic acids is 1. The summed E-state index contributed by atoms with van der Waals surface area (Å²) in [6.45, 7) is 4.59. The van der Waals surface area contributed by atoms with Crippen molar-refractivity contribution in [2.45, 2.75) is 57.2 Å². The Morgan fingerprint density at radius 1 is 1.13 bits per heavy atom. The molecule has 0 heterocycles. The molecule has 0 aliphatic heterocycles. The maximum absolute atomic E-state index is 13.2. The summed E-state index contributed by atoms with van der Waals surface area (Å²) >= 11 is 6.20. The number of hydrogen-bond acceptors (Lipinski definition) is 4. The van der Waals surface area contributed by atoms with Gasteiger partial charge in [0.05, 0.1) is 12.5 Å². The minimum absolute atomic E-state index is 0.0679. The van der Waals surface area contributed by atoms with E-state index in [0.717, 1.165) is 25.7 Å². The first-order chi connectivity index (χ1) is 14.4. The molecule has 4 unspecified atom stereocenters. The lowest BCUT2D eigenvalue weighted by Crippen LogP contribution is -2.57. The molecule has 0 spiro atoms. The van der Waals surface area contributed by atoms with Gasteiger partial charge >= 0.3 is 5.97 Å². The molecule has 2 N–H and O–H groups in total. The Bertz CT molecular complexity index is 958. The van der Waals surface area contributed by atoms with Crippen LogP contribution in [0.3, 0.4) is 0 Å². The van der Waals surface area contributed by atoms with E-state index in [0.29, 0.717) is 39.8 Å². The van der Waals surface area contributed by atoms with Crippen molar-refractivity contribution in [1.82, 2.24) is 0 Å². The number of ether oxygens (including phenoxy) is 1. The molecule has 5 rings (SSSR count). The Labute approximate surface area is 182 Å². The Balaban J connectivity index is 1.71. The maximum Gasteiger partial charge on any atom is 0.312 e. The number of unbranched alkanes of at least 4 members (excludes halogenated alkanes) is 1. The molecule has 0 fully saturated rings. The first-order valence-electron chi connectivity index (χ1n) is 10.9. The molecule has 4 nitrogen and oxygen atoms in total. The maximum atomic E-state index is 13.2. The van der Waals surface area contributed by atoms with Gasteiger partial charge in [-0.25, -0.2) is 0 Å². The molecule has 0 aromatic heterocycles. The molecule has 0 saturated heterocycles. The third kappa shape index (κ3) is 3.17. The number of hydrogen-bond donors (Lipinski definition) is 2. The van der Waals surface area contributed by atoms with Crippen LogP contribution in [0.25, 0.3) is 0 Å². The standard InChI is InChI=1S/C25H29ClO4/c1-3-5-8-16(4-2)15-30-23(27)22-14-24(28)18-9-6-7-10-19(18)25(22,29)20-12-11-17(26)13-21(20)24/h6-7,9-13,16,22,28-29H,3-5,8,14-15H2,1-2H3. The average Bonchev–Trinajstić information content (AvgIpc) is 2.75. The molecule has 0 saturated carbocycles. The summed E-state index contributed by atoms with van der Waals surface area (Å²) in [5, 5.41) is 24.2. The van der Waals surface area contributed by atoms with Gasteiger partial charge in [-0.1, -0.05) is 75.0 Å². The van der Waals surface area contributed by atoms with Crippen molar-refractivity contribution in [1.29, 1.82) is 0 Å². The highest BCUT2D eigenvalue weighted by molar-refractivity contribution is 6.30. The Morgan fingerprint density at radius 2 is 1.83 bits per heavy atom. The van der Waals surface area contributed by atoms with E-state index in [9.17, 15) is 15.0 Å². The van der Waals surface area contributed by atoms with E-state index in [-0.39, 0.29) is 6.42 Å². The summed E-state index contributed by atoms with van der Waals surface area (Å²) < 4.78 is 5.71. The highest BCUT2D eigenvalue weighted by atomic mass is 35.5. The summed E-state index contributed by atoms with van der Waals surface area (Å²) in [6, 6.07) is 12.3. The van der Waals surface area contributed by atoms with Crippen LogP contribution in [-0.4, -0.2) is 22.8 Å². The molecule has 2 aromatic carbocycles. The predicted octanol–water partition coefficient (Wildman–Crippen LogP) is 4.90. The van der Waals surface area contributed by atoms with Crippen molar-refractivity contribution in [2.75, 3.05) is 6.61 Å². The van der Waals surface area contributed by atoms with E-state index in [4.69, 9.17) is 16.3 Å². The van der Waals surface area contributed by atoms with Gasteiger partial charge in [0.15, 0.2) is 0 Å². The second-order valence-electron chi connectivity index (χ2n) is 8.67. The van der Waals surface area contributed by atoms with Crippen LogP contribution >= 0.6 is 11.6 Å². The third-order valence-electron chi connectivity index (χ3n) is 6.91. The van der Waals surface area contributed by atoms with Crippen LogP contribution in [-0.2, 0) is 20.7 Å². The fourth-order valence-electron chi connectivity index (χ4n) is 5.15. The number of halogens is 1. The monoisotopic (exact) mass is 428 g/mol. The smallest absolute Gasteiger partial charge is 0.312 e. The molecule has 30 heavy (non-hydrogen) atoms. The molecule has 160 valence electrons. The molecule has 3 aliphatic rings. The molecule has 2 bridgehead atoms. The van der Waals surface area contributed by atoms with Crippen LogP contribution in [0.2, 0.25) is 5.02 Å². The average molecular weight is 429 g/mol. The predicted molar refractivity (Wildman–Crippen MR) is 116 cm³/mol. The molecule has 2 aromatic rings. The van der Waals surface area contributed by atoms with Crippen molar-refractivity contribution >= 4 is 17.6 Å². The van der Waals surface area contributed by atoms with Crippen LogP contribution in [0, 0.1) is 11.8 Å². The van der Waals surface area contributed by atoms with Gasteiger partial charge < -0.3 is 14.9 Å². The number of benzene rings is 2. The number of aliphatic hydroxyl groups is 2. The van der Waals surface area contributed by atoms with Gasteiger partial charge in [0.25, 0.3) is 0 Å². The summed E-state index contributed by atoms with van der Waals surface area (Å²) in [4.78, 5) is 13.2. The highest BCUT2D eigenvalue weighted by Crippen LogP contribution is 2.60. The molecule has 5 heteroatoms. The molecule has 4 atom stereocenters. The lowest BCUT2D eigenvalue weighted by atomic mass is 9.54. The summed E-state index contributed by atoms with van der Waals surface area (Å²) in [6.07, 6.45) is 4.23. The van der Waals surface area contributed by atoms with E-state index in [1.165, 1.54) is 0 Å². The van der Waals surface area contributed by atoms with Crippen LogP contribution in [0.1, 0.15) is 68.2 Å². The Morgan fingerprint density at radius 3 is 2.53 bits per heavy atom. The minimum Gasteiger partial charge on any atom is -0.465 e. The molecular weight excluding hydrogens is 400 g/mol. The topological polar surface area (TPSA) is 66.8 Å². The summed E-state index contributed by atoms with van der Waals surface area (Å²) in [5.41, 5.74) is -0.663. The fraction of sp³-hybridized carbons (Fsp3) is 0.480. The molecular formula is C25H29ClO4. The zero-order valence-electron chi connectivity index (χ0n) is 17.5. The van der Waals surface area contributed by atoms with Gasteiger partial charge in [0.2, 0.25) is 0 Å². The third-order valence-corrected chi connectivity index (χ3v) is 7.15. The Kier molecular flexibility index (Phi) is 5.69. The number of carbonyl (C=O) groups is 1. The second-order valence-corrected chi connectivity index (χ2v) is 9.10. The van der Waals surface area contributed by atoms with Crippen molar-refractivity contribution in [3.8, 4) is 0 Å². The normalized spacial score (nSPS) is 27.3. The van der Waals surface area contributed by atoms with Crippen molar-refractivity contribution in [3.05, 3.63) is 69.7 Å². The molecule has 0 radical (unpaired) electrons. The van der Waals surface area contributed by atoms with E-state index in [1.54, 1.807) is 24.3 Å². The van der Waals surface area contributed by atoms with Crippen LogP contribution < -0.4 is 0 Å². The number of esters is 1. The van der Waals surface area contributed by atoms with Gasteiger partial charge in [-0.3, -0.25) is 4.79 Å². The minimum atomic E-state index is -1.55. The van der Waals surface area contributed by atoms with E-state index in [2.05, 4.69) is 13.8 Å². The summed E-state index contributed by atoms with van der Waals surface area (Å²) in [7, 11) is 0. The van der Waals surface area contributed by atoms with E-state index < -0.39 is 23.1 Å². The van der Waals surface area contributed by atoms with Crippen LogP contribution in [0.4, 0.5) is 0 Å². The lowest BCUT2D eigenvalue weighted by molar-refractivity contribution is -0.168. The van der Waals surface area contributed by atoms with Crippen LogP contribution in [0.5, 0.6) is 0 Å². The van der Waals surface area contributed by atoms with Gasteiger partial charge in [0.1, 0.15) is 11.2 Å². The van der Waals surface area contributed by atoms with Crippen molar-refractivity contribution in [2.24, 2.45) is 11.8 Å². The second kappa shape index (κ2) is 7.99. The number of fused-ring (bicyclic) bond motifs is 1. The lowest BCUT2D eigenvalue weighted by Gasteiger charge is -2.53. The largest absolute Gasteiger partial charge is 0.465 e.